The van der Waals surface area contributed by atoms with Crippen molar-refractivity contribution in [3.05, 3.63) is 0 Å². The summed E-state index contributed by atoms with van der Waals surface area (Å²) >= 11 is 0. The summed E-state index contributed by atoms with van der Waals surface area (Å²) in [6.45, 7) is 4.24. The van der Waals surface area contributed by atoms with Crippen LogP contribution in [0.2, 0.25) is 0 Å². The summed E-state index contributed by atoms with van der Waals surface area (Å²) in [6.07, 6.45) is 2.79. The number of rotatable bonds is 9. The summed E-state index contributed by atoms with van der Waals surface area (Å²) in [4.78, 5) is 22.8. The lowest BCUT2D eigenvalue weighted by Crippen LogP contribution is -2.50. The quantitative estimate of drug-likeness (QED) is 0.437. The van der Waals surface area contributed by atoms with E-state index in [0.717, 1.165) is 12.8 Å². The van der Waals surface area contributed by atoms with Gasteiger partial charge in [0.25, 0.3) is 0 Å². The van der Waals surface area contributed by atoms with Crippen LogP contribution in [-0.2, 0) is 9.59 Å². The monoisotopic (exact) mass is 259 g/mol. The number of hydrogen-bond donors (Lipinski definition) is 4. The van der Waals surface area contributed by atoms with Gasteiger partial charge in [-0.1, -0.05) is 26.7 Å². The van der Waals surface area contributed by atoms with Gasteiger partial charge in [0.15, 0.2) is 0 Å². The molecule has 0 saturated heterocycles. The van der Waals surface area contributed by atoms with Crippen molar-refractivity contribution < 1.29 is 14.7 Å². The molecule has 3 atom stereocenters. The Bertz CT molecular complexity index is 271. The molecule has 0 aliphatic rings. The van der Waals surface area contributed by atoms with E-state index >= 15 is 0 Å². The molecule has 18 heavy (non-hydrogen) atoms. The highest BCUT2D eigenvalue weighted by Crippen LogP contribution is 2.08. The van der Waals surface area contributed by atoms with Gasteiger partial charge < -0.3 is 21.9 Å². The molecule has 0 aromatic rings. The zero-order valence-electron chi connectivity index (χ0n) is 11.2. The van der Waals surface area contributed by atoms with E-state index in [9.17, 15) is 9.59 Å². The van der Waals surface area contributed by atoms with Gasteiger partial charge in [0.05, 0.1) is 6.04 Å². The lowest BCUT2D eigenvalue weighted by molar-refractivity contribution is -0.143. The van der Waals surface area contributed by atoms with Crippen LogP contribution in [-0.4, -0.2) is 35.6 Å². The van der Waals surface area contributed by atoms with Gasteiger partial charge in [-0.05, 0) is 25.3 Å². The highest BCUT2D eigenvalue weighted by molar-refractivity contribution is 5.86. The Morgan fingerprint density at radius 1 is 1.33 bits per heavy atom. The Balaban J connectivity index is 4.28. The lowest BCUT2D eigenvalue weighted by atomic mass is 9.98. The Hall–Kier alpha value is -1.14. The molecule has 0 bridgehead atoms. The van der Waals surface area contributed by atoms with Crippen LogP contribution in [0.4, 0.5) is 0 Å². The number of nitrogens with two attached hydrogens (primary N) is 2. The van der Waals surface area contributed by atoms with Crippen LogP contribution in [0.1, 0.15) is 39.5 Å². The van der Waals surface area contributed by atoms with E-state index in [1.54, 1.807) is 6.92 Å². The van der Waals surface area contributed by atoms with Gasteiger partial charge in [-0.15, -0.1) is 0 Å². The number of carbonyl (C=O) groups excluding carboxylic acids is 1. The van der Waals surface area contributed by atoms with E-state index in [-0.39, 0.29) is 5.92 Å². The van der Waals surface area contributed by atoms with Crippen molar-refractivity contribution in [2.75, 3.05) is 6.54 Å². The fourth-order valence-corrected chi connectivity index (χ4v) is 1.58. The molecule has 0 aromatic heterocycles. The van der Waals surface area contributed by atoms with Gasteiger partial charge in [-0.2, -0.15) is 0 Å². The molecule has 6 N–H and O–H groups in total. The Morgan fingerprint density at radius 3 is 2.39 bits per heavy atom. The third-order valence-electron chi connectivity index (χ3n) is 3.08. The van der Waals surface area contributed by atoms with Crippen molar-refractivity contribution in [3.8, 4) is 0 Å². The van der Waals surface area contributed by atoms with Crippen LogP contribution < -0.4 is 16.8 Å². The molecular weight excluding hydrogens is 234 g/mol. The Kier molecular flexibility index (Phi) is 8.32. The van der Waals surface area contributed by atoms with E-state index in [4.69, 9.17) is 16.6 Å². The number of amides is 1. The minimum atomic E-state index is -1.02. The fraction of sp³-hybridized carbons (Fsp3) is 0.833. The predicted octanol–water partition coefficient (Wildman–Crippen LogP) is 0.0582. The first-order chi connectivity index (χ1) is 8.43. The maximum absolute atomic E-state index is 11.7. The van der Waals surface area contributed by atoms with Crippen molar-refractivity contribution in [2.45, 2.75) is 51.6 Å². The van der Waals surface area contributed by atoms with E-state index in [1.165, 1.54) is 0 Å². The first-order valence-corrected chi connectivity index (χ1v) is 6.42. The molecule has 106 valence electrons. The lowest BCUT2D eigenvalue weighted by Gasteiger charge is -2.22. The van der Waals surface area contributed by atoms with Crippen molar-refractivity contribution in [1.29, 1.82) is 0 Å². The smallest absolute Gasteiger partial charge is 0.326 e. The van der Waals surface area contributed by atoms with Crippen LogP contribution in [0, 0.1) is 5.92 Å². The first kappa shape index (κ1) is 16.9. The second kappa shape index (κ2) is 8.88. The van der Waals surface area contributed by atoms with Crippen molar-refractivity contribution in [1.82, 2.24) is 5.32 Å². The minimum Gasteiger partial charge on any atom is -0.480 e. The number of aliphatic carboxylic acids is 1. The number of unbranched alkanes of at least 4 members (excludes halogenated alkanes) is 1. The number of carboxylic acids is 1. The molecule has 6 nitrogen and oxygen atoms in total. The van der Waals surface area contributed by atoms with Gasteiger partial charge in [0, 0.05) is 0 Å². The summed E-state index contributed by atoms with van der Waals surface area (Å²) in [5.41, 5.74) is 11.1. The highest BCUT2D eigenvalue weighted by Gasteiger charge is 2.27. The maximum Gasteiger partial charge on any atom is 0.326 e. The molecule has 0 saturated carbocycles. The number of nitrogens with one attached hydrogen (secondary N) is 1. The SMILES string of the molecule is CCC(C)[C@H](NC(=O)[C@@H](N)CCCCN)C(=O)O. The van der Waals surface area contributed by atoms with E-state index in [2.05, 4.69) is 5.32 Å². The molecule has 1 amide bonds. The van der Waals surface area contributed by atoms with E-state index in [1.807, 2.05) is 6.92 Å². The molecule has 0 heterocycles. The van der Waals surface area contributed by atoms with Gasteiger partial charge in [0.2, 0.25) is 5.91 Å². The molecule has 0 rings (SSSR count). The molecule has 0 aliphatic heterocycles. The molecular formula is C12H25N3O3. The Labute approximate surface area is 108 Å². The van der Waals surface area contributed by atoms with Crippen LogP contribution in [0.15, 0.2) is 0 Å². The largest absolute Gasteiger partial charge is 0.480 e. The molecule has 6 heteroatoms. The van der Waals surface area contributed by atoms with Gasteiger partial charge in [-0.25, -0.2) is 4.79 Å². The number of carbonyl (C=O) groups is 2. The average molecular weight is 259 g/mol. The van der Waals surface area contributed by atoms with Crippen molar-refractivity contribution >= 4 is 11.9 Å². The normalized spacial score (nSPS) is 15.8. The minimum absolute atomic E-state index is 0.123. The molecule has 0 aliphatic carbocycles. The standard InChI is InChI=1S/C12H25N3O3/c1-3-8(2)10(12(17)18)15-11(16)9(14)6-4-5-7-13/h8-10H,3-7,13-14H2,1-2H3,(H,15,16)(H,17,18)/t8?,9-,10-/m0/s1. The second-order valence-electron chi connectivity index (χ2n) is 4.60. The number of hydrogen-bond acceptors (Lipinski definition) is 4. The van der Waals surface area contributed by atoms with E-state index in [0.29, 0.717) is 19.4 Å². The molecule has 0 radical (unpaired) electrons. The maximum atomic E-state index is 11.7. The van der Waals surface area contributed by atoms with Crippen LogP contribution in [0.5, 0.6) is 0 Å². The summed E-state index contributed by atoms with van der Waals surface area (Å²) in [7, 11) is 0. The third kappa shape index (κ3) is 5.97. The van der Waals surface area contributed by atoms with Gasteiger partial charge in [0.1, 0.15) is 6.04 Å². The zero-order valence-corrected chi connectivity index (χ0v) is 11.2. The average Bonchev–Trinajstić information content (AvgIpc) is 2.34. The zero-order chi connectivity index (χ0) is 14.1. The fourth-order valence-electron chi connectivity index (χ4n) is 1.58. The molecule has 0 aromatic carbocycles. The summed E-state index contributed by atoms with van der Waals surface area (Å²) in [5, 5.41) is 11.5. The summed E-state index contributed by atoms with van der Waals surface area (Å²) in [6, 6.07) is -1.54. The summed E-state index contributed by atoms with van der Waals surface area (Å²) in [5.74, 6) is -1.55. The van der Waals surface area contributed by atoms with Gasteiger partial charge in [-0.3, -0.25) is 4.79 Å². The number of carboxylic acid groups (broad SMARTS) is 1. The highest BCUT2D eigenvalue weighted by atomic mass is 16.4. The third-order valence-corrected chi connectivity index (χ3v) is 3.08. The predicted molar refractivity (Wildman–Crippen MR) is 69.9 cm³/mol. The molecule has 0 spiro atoms. The first-order valence-electron chi connectivity index (χ1n) is 6.42. The van der Waals surface area contributed by atoms with E-state index < -0.39 is 24.0 Å². The Morgan fingerprint density at radius 2 is 1.94 bits per heavy atom. The van der Waals surface area contributed by atoms with Crippen LogP contribution >= 0.6 is 0 Å². The van der Waals surface area contributed by atoms with Crippen LogP contribution in [0.25, 0.3) is 0 Å². The van der Waals surface area contributed by atoms with Crippen molar-refractivity contribution in [2.24, 2.45) is 17.4 Å². The van der Waals surface area contributed by atoms with Gasteiger partial charge >= 0.3 is 5.97 Å². The van der Waals surface area contributed by atoms with Crippen molar-refractivity contribution in [3.63, 3.8) is 0 Å². The topological polar surface area (TPSA) is 118 Å². The summed E-state index contributed by atoms with van der Waals surface area (Å²) < 4.78 is 0. The molecule has 0 fully saturated rings. The van der Waals surface area contributed by atoms with Crippen LogP contribution in [0.3, 0.4) is 0 Å². The molecule has 1 unspecified atom stereocenters. The second-order valence-corrected chi connectivity index (χ2v) is 4.60.